The van der Waals surface area contributed by atoms with Crippen molar-refractivity contribution in [3.05, 3.63) is 35.6 Å². The number of hydrogen-bond acceptors (Lipinski definition) is 2. The molecule has 0 aliphatic carbocycles. The van der Waals surface area contributed by atoms with Crippen LogP contribution >= 0.6 is 0 Å². The number of nitrogens with zero attached hydrogens (tertiary/aromatic N) is 2. The summed E-state index contributed by atoms with van der Waals surface area (Å²) in [5.74, 6) is 0.644. The van der Waals surface area contributed by atoms with Crippen LogP contribution in [0.5, 0.6) is 0 Å². The highest BCUT2D eigenvalue weighted by atomic mass is 19.1. The quantitative estimate of drug-likeness (QED) is 0.613. The summed E-state index contributed by atoms with van der Waals surface area (Å²) in [6, 6.07) is 7.31. The molecular formula is C20H33FN4. The van der Waals surface area contributed by atoms with Gasteiger partial charge in [0.15, 0.2) is 5.96 Å². The summed E-state index contributed by atoms with van der Waals surface area (Å²) in [7, 11) is 1.80. The maximum Gasteiger partial charge on any atom is 0.191 e. The lowest BCUT2D eigenvalue weighted by Crippen LogP contribution is -2.50. The number of rotatable bonds is 6. The third kappa shape index (κ3) is 5.99. The van der Waals surface area contributed by atoms with Crippen molar-refractivity contribution in [3.8, 4) is 0 Å². The standard InChI is InChI=1S/C20H33FN4/c1-5-11-25-12-9-18(10-13-25)24-19(22-4)23-15-20(2,3)16-7-6-8-17(21)14-16/h6-8,14,18H,5,9-13,15H2,1-4H3,(H2,22,23,24). The molecule has 0 atom stereocenters. The average molecular weight is 349 g/mol. The van der Waals surface area contributed by atoms with Gasteiger partial charge in [0.1, 0.15) is 5.82 Å². The van der Waals surface area contributed by atoms with E-state index in [0.29, 0.717) is 12.6 Å². The van der Waals surface area contributed by atoms with Gasteiger partial charge in [-0.05, 0) is 43.5 Å². The summed E-state index contributed by atoms with van der Waals surface area (Å²) in [6.45, 7) is 10.7. The molecule has 0 radical (unpaired) electrons. The van der Waals surface area contributed by atoms with Crippen molar-refractivity contribution in [1.82, 2.24) is 15.5 Å². The van der Waals surface area contributed by atoms with E-state index in [2.05, 4.69) is 41.3 Å². The highest BCUT2D eigenvalue weighted by molar-refractivity contribution is 5.80. The highest BCUT2D eigenvalue weighted by Gasteiger charge is 2.23. The van der Waals surface area contributed by atoms with Gasteiger partial charge >= 0.3 is 0 Å². The fourth-order valence-electron chi connectivity index (χ4n) is 3.32. The van der Waals surface area contributed by atoms with Crippen molar-refractivity contribution in [2.24, 2.45) is 4.99 Å². The Labute approximate surface area is 151 Å². The Morgan fingerprint density at radius 1 is 1.32 bits per heavy atom. The molecule has 1 aromatic rings. The first-order valence-corrected chi connectivity index (χ1v) is 9.40. The van der Waals surface area contributed by atoms with Crippen molar-refractivity contribution in [2.45, 2.75) is 51.5 Å². The Kier molecular flexibility index (Phi) is 7.24. The van der Waals surface area contributed by atoms with Gasteiger partial charge < -0.3 is 15.5 Å². The normalized spacial score (nSPS) is 17.6. The van der Waals surface area contributed by atoms with Gasteiger partial charge in [-0.15, -0.1) is 0 Å². The summed E-state index contributed by atoms with van der Waals surface area (Å²) < 4.78 is 13.5. The van der Waals surface area contributed by atoms with Crippen LogP contribution in [0.4, 0.5) is 4.39 Å². The smallest absolute Gasteiger partial charge is 0.191 e. The Bertz CT molecular complexity index is 563. The van der Waals surface area contributed by atoms with Crippen LogP contribution in [0.25, 0.3) is 0 Å². The molecule has 2 rings (SSSR count). The van der Waals surface area contributed by atoms with Gasteiger partial charge in [-0.25, -0.2) is 4.39 Å². The van der Waals surface area contributed by atoms with Crippen LogP contribution in [0.3, 0.4) is 0 Å². The molecule has 1 fully saturated rings. The molecule has 0 aromatic heterocycles. The maximum atomic E-state index is 13.5. The number of piperidine rings is 1. The van der Waals surface area contributed by atoms with Gasteiger partial charge in [0.2, 0.25) is 0 Å². The molecule has 0 unspecified atom stereocenters. The largest absolute Gasteiger partial charge is 0.356 e. The van der Waals surface area contributed by atoms with Crippen molar-refractivity contribution in [2.75, 3.05) is 33.2 Å². The average Bonchev–Trinajstić information content (AvgIpc) is 2.60. The van der Waals surface area contributed by atoms with Gasteiger partial charge in [0, 0.05) is 38.1 Å². The minimum absolute atomic E-state index is 0.176. The zero-order chi connectivity index (χ0) is 18.3. The van der Waals surface area contributed by atoms with Crippen LogP contribution in [0, 0.1) is 5.82 Å². The first-order chi connectivity index (χ1) is 11.9. The fraction of sp³-hybridized carbons (Fsp3) is 0.650. The second kappa shape index (κ2) is 9.18. The molecule has 1 aromatic carbocycles. The lowest BCUT2D eigenvalue weighted by Gasteiger charge is -2.33. The molecule has 4 nitrogen and oxygen atoms in total. The Morgan fingerprint density at radius 2 is 2.04 bits per heavy atom. The predicted molar refractivity (Wildman–Crippen MR) is 104 cm³/mol. The number of halogens is 1. The van der Waals surface area contributed by atoms with Crippen molar-refractivity contribution < 1.29 is 4.39 Å². The van der Waals surface area contributed by atoms with E-state index in [0.717, 1.165) is 37.5 Å². The number of hydrogen-bond donors (Lipinski definition) is 2. The van der Waals surface area contributed by atoms with Gasteiger partial charge in [-0.2, -0.15) is 0 Å². The van der Waals surface area contributed by atoms with Crippen molar-refractivity contribution in [1.29, 1.82) is 0 Å². The van der Waals surface area contributed by atoms with Gasteiger partial charge in [0.25, 0.3) is 0 Å². The lowest BCUT2D eigenvalue weighted by atomic mass is 9.84. The van der Waals surface area contributed by atoms with E-state index in [1.807, 2.05) is 6.07 Å². The molecule has 25 heavy (non-hydrogen) atoms. The molecule has 140 valence electrons. The Morgan fingerprint density at radius 3 is 2.64 bits per heavy atom. The zero-order valence-corrected chi connectivity index (χ0v) is 16.1. The molecule has 0 amide bonds. The molecule has 0 spiro atoms. The number of benzene rings is 1. The van der Waals surface area contributed by atoms with E-state index in [1.165, 1.54) is 19.0 Å². The molecule has 0 saturated carbocycles. The predicted octanol–water partition coefficient (Wildman–Crippen LogP) is 3.14. The third-order valence-electron chi connectivity index (χ3n) is 5.00. The number of guanidine groups is 1. The Hall–Kier alpha value is -1.62. The molecule has 1 aliphatic rings. The van der Waals surface area contributed by atoms with E-state index in [-0.39, 0.29) is 11.2 Å². The number of nitrogens with one attached hydrogen (secondary N) is 2. The summed E-state index contributed by atoms with van der Waals surface area (Å²) in [6.07, 6.45) is 3.51. The van der Waals surface area contributed by atoms with E-state index in [1.54, 1.807) is 19.2 Å². The van der Waals surface area contributed by atoms with Crippen LogP contribution in [0.15, 0.2) is 29.3 Å². The topological polar surface area (TPSA) is 39.7 Å². The van der Waals surface area contributed by atoms with E-state index >= 15 is 0 Å². The zero-order valence-electron chi connectivity index (χ0n) is 16.1. The third-order valence-corrected chi connectivity index (χ3v) is 5.00. The molecule has 1 saturated heterocycles. The minimum atomic E-state index is -0.188. The summed E-state index contributed by atoms with van der Waals surface area (Å²) in [5, 5.41) is 6.96. The van der Waals surface area contributed by atoms with Gasteiger partial charge in [0.05, 0.1) is 0 Å². The SMILES string of the molecule is CCCN1CCC(NC(=NC)NCC(C)(C)c2cccc(F)c2)CC1. The van der Waals surface area contributed by atoms with Crippen LogP contribution in [0.1, 0.15) is 45.6 Å². The van der Waals surface area contributed by atoms with Crippen molar-refractivity contribution >= 4 is 5.96 Å². The first kappa shape index (κ1) is 19.7. The lowest BCUT2D eigenvalue weighted by molar-refractivity contribution is 0.206. The second-order valence-electron chi connectivity index (χ2n) is 7.58. The van der Waals surface area contributed by atoms with Crippen LogP contribution < -0.4 is 10.6 Å². The summed E-state index contributed by atoms with van der Waals surface area (Å²) in [5.41, 5.74) is 0.813. The molecule has 0 bridgehead atoms. The highest BCUT2D eigenvalue weighted by Crippen LogP contribution is 2.22. The minimum Gasteiger partial charge on any atom is -0.356 e. The van der Waals surface area contributed by atoms with E-state index in [4.69, 9.17) is 0 Å². The van der Waals surface area contributed by atoms with Crippen LogP contribution in [-0.2, 0) is 5.41 Å². The van der Waals surface area contributed by atoms with Gasteiger partial charge in [-0.3, -0.25) is 4.99 Å². The molecular weight excluding hydrogens is 315 g/mol. The number of aliphatic imine (C=N–C) groups is 1. The van der Waals surface area contributed by atoms with Gasteiger partial charge in [-0.1, -0.05) is 32.9 Å². The summed E-state index contributed by atoms with van der Waals surface area (Å²) in [4.78, 5) is 6.89. The maximum absolute atomic E-state index is 13.5. The molecule has 1 heterocycles. The van der Waals surface area contributed by atoms with E-state index in [9.17, 15) is 4.39 Å². The number of likely N-dealkylation sites (tertiary alicyclic amines) is 1. The van der Waals surface area contributed by atoms with E-state index < -0.39 is 0 Å². The molecule has 2 N–H and O–H groups in total. The second-order valence-corrected chi connectivity index (χ2v) is 7.58. The fourth-order valence-corrected chi connectivity index (χ4v) is 3.32. The van der Waals surface area contributed by atoms with Crippen LogP contribution in [-0.4, -0.2) is 50.1 Å². The molecule has 5 heteroatoms. The Balaban J connectivity index is 1.84. The van der Waals surface area contributed by atoms with Crippen LogP contribution in [0.2, 0.25) is 0 Å². The monoisotopic (exact) mass is 348 g/mol. The summed E-state index contributed by atoms with van der Waals surface area (Å²) >= 11 is 0. The molecule has 1 aliphatic heterocycles. The van der Waals surface area contributed by atoms with Crippen molar-refractivity contribution in [3.63, 3.8) is 0 Å². The first-order valence-electron chi connectivity index (χ1n) is 9.40.